The topological polar surface area (TPSA) is 58.0 Å². The minimum absolute atomic E-state index is 0.537. The van der Waals surface area contributed by atoms with Crippen LogP contribution in [0.5, 0.6) is 5.75 Å². The average Bonchev–Trinajstić information content (AvgIpc) is 2.43. The largest absolute Gasteiger partial charge is 0.493 e. The summed E-state index contributed by atoms with van der Waals surface area (Å²) in [5.74, 6) is 0.914. The summed E-state index contributed by atoms with van der Waals surface area (Å²) >= 11 is 0. The predicted molar refractivity (Wildman–Crippen MR) is 72.7 cm³/mol. The molecule has 0 saturated heterocycles. The van der Waals surface area contributed by atoms with E-state index >= 15 is 0 Å². The van der Waals surface area contributed by atoms with Crippen LogP contribution in [0.15, 0.2) is 47.6 Å². The average molecular weight is 241 g/mol. The number of azide groups is 1. The van der Waals surface area contributed by atoms with Gasteiger partial charge in [-0.25, -0.2) is 0 Å². The van der Waals surface area contributed by atoms with Gasteiger partial charge in [0.15, 0.2) is 0 Å². The fourth-order valence-electron chi connectivity index (χ4n) is 1.83. The van der Waals surface area contributed by atoms with Gasteiger partial charge in [0.2, 0.25) is 0 Å². The molecule has 2 aromatic carbocycles. The predicted octanol–water partition coefficient (Wildman–Crippen LogP) is 4.31. The van der Waals surface area contributed by atoms with Crippen molar-refractivity contribution in [2.75, 3.05) is 13.2 Å². The summed E-state index contributed by atoms with van der Waals surface area (Å²) < 4.78 is 5.76. The first kappa shape index (κ1) is 12.3. The third-order valence-electron chi connectivity index (χ3n) is 2.72. The highest BCUT2D eigenvalue weighted by molar-refractivity contribution is 5.88. The zero-order valence-electron chi connectivity index (χ0n) is 10.1. The summed E-state index contributed by atoms with van der Waals surface area (Å²) in [5.41, 5.74) is 8.15. The van der Waals surface area contributed by atoms with Crippen molar-refractivity contribution in [1.29, 1.82) is 0 Å². The van der Waals surface area contributed by atoms with E-state index in [4.69, 9.17) is 10.3 Å². The molecule has 0 radical (unpaired) electrons. The summed E-state index contributed by atoms with van der Waals surface area (Å²) in [7, 11) is 0. The SMILES string of the molecule is [N-]=[N+]=NCCCCOc1cccc2ccccc12. The molecule has 0 aliphatic rings. The fourth-order valence-corrected chi connectivity index (χ4v) is 1.83. The van der Waals surface area contributed by atoms with E-state index in [1.54, 1.807) is 0 Å². The highest BCUT2D eigenvalue weighted by Gasteiger charge is 2.00. The monoisotopic (exact) mass is 241 g/mol. The molecule has 0 N–H and O–H groups in total. The van der Waals surface area contributed by atoms with Gasteiger partial charge >= 0.3 is 0 Å². The summed E-state index contributed by atoms with van der Waals surface area (Å²) in [6.07, 6.45) is 1.75. The lowest BCUT2D eigenvalue weighted by molar-refractivity contribution is 0.311. The van der Waals surface area contributed by atoms with Gasteiger partial charge in [0.25, 0.3) is 0 Å². The van der Waals surface area contributed by atoms with E-state index in [2.05, 4.69) is 28.2 Å². The molecular weight excluding hydrogens is 226 g/mol. The first-order chi connectivity index (χ1) is 8.92. The number of hydrogen-bond acceptors (Lipinski definition) is 2. The normalized spacial score (nSPS) is 10.0. The molecular formula is C14H15N3O. The van der Waals surface area contributed by atoms with E-state index in [0.717, 1.165) is 24.0 Å². The Morgan fingerprint density at radius 1 is 1.06 bits per heavy atom. The van der Waals surface area contributed by atoms with E-state index in [1.807, 2.05) is 24.3 Å². The number of unbranched alkanes of at least 4 members (excludes halogenated alkanes) is 1. The van der Waals surface area contributed by atoms with Crippen LogP contribution in [-0.4, -0.2) is 13.2 Å². The summed E-state index contributed by atoms with van der Waals surface area (Å²) in [6.45, 7) is 1.18. The van der Waals surface area contributed by atoms with Crippen LogP contribution in [0.1, 0.15) is 12.8 Å². The van der Waals surface area contributed by atoms with E-state index in [0.29, 0.717) is 13.2 Å². The molecule has 0 saturated carbocycles. The molecule has 2 aromatic rings. The Morgan fingerprint density at radius 3 is 2.78 bits per heavy atom. The van der Waals surface area contributed by atoms with E-state index in [9.17, 15) is 0 Å². The van der Waals surface area contributed by atoms with Crippen molar-refractivity contribution >= 4 is 10.8 Å². The van der Waals surface area contributed by atoms with Crippen molar-refractivity contribution in [2.45, 2.75) is 12.8 Å². The Bertz CT molecular complexity index is 556. The zero-order chi connectivity index (χ0) is 12.6. The van der Waals surface area contributed by atoms with Gasteiger partial charge in [0, 0.05) is 16.8 Å². The molecule has 92 valence electrons. The standard InChI is InChI=1S/C14H15N3O/c15-17-16-10-3-4-11-18-14-9-5-7-12-6-1-2-8-13(12)14/h1-2,5-9H,3-4,10-11H2. The number of fused-ring (bicyclic) bond motifs is 1. The molecule has 18 heavy (non-hydrogen) atoms. The molecule has 0 heterocycles. The molecule has 0 bridgehead atoms. The van der Waals surface area contributed by atoms with Crippen molar-refractivity contribution < 1.29 is 4.74 Å². The first-order valence-electron chi connectivity index (χ1n) is 6.03. The van der Waals surface area contributed by atoms with Gasteiger partial charge in [-0.3, -0.25) is 0 Å². The Balaban J connectivity index is 1.93. The Morgan fingerprint density at radius 2 is 1.89 bits per heavy atom. The van der Waals surface area contributed by atoms with Crippen LogP contribution in [0.3, 0.4) is 0 Å². The smallest absolute Gasteiger partial charge is 0.127 e. The molecule has 2 rings (SSSR count). The van der Waals surface area contributed by atoms with Crippen molar-refractivity contribution in [3.8, 4) is 5.75 Å². The molecule has 0 fully saturated rings. The fraction of sp³-hybridized carbons (Fsp3) is 0.286. The molecule has 0 amide bonds. The maximum atomic E-state index is 8.15. The lowest BCUT2D eigenvalue weighted by atomic mass is 10.1. The second-order valence-electron chi connectivity index (χ2n) is 3.99. The first-order valence-corrected chi connectivity index (χ1v) is 6.03. The summed E-state index contributed by atoms with van der Waals surface area (Å²) in [4.78, 5) is 2.72. The molecule has 0 atom stereocenters. The van der Waals surface area contributed by atoms with Gasteiger partial charge in [-0.1, -0.05) is 41.5 Å². The highest BCUT2D eigenvalue weighted by Crippen LogP contribution is 2.25. The van der Waals surface area contributed by atoms with Crippen LogP contribution in [0.2, 0.25) is 0 Å². The number of benzene rings is 2. The lowest BCUT2D eigenvalue weighted by Gasteiger charge is -2.08. The Hall–Kier alpha value is -2.19. The van der Waals surface area contributed by atoms with Gasteiger partial charge in [-0.05, 0) is 29.8 Å². The number of hydrogen-bond donors (Lipinski definition) is 0. The highest BCUT2D eigenvalue weighted by atomic mass is 16.5. The zero-order valence-corrected chi connectivity index (χ0v) is 10.1. The molecule has 0 aliphatic heterocycles. The number of nitrogens with zero attached hydrogens (tertiary/aromatic N) is 3. The van der Waals surface area contributed by atoms with Crippen LogP contribution in [0.25, 0.3) is 21.2 Å². The molecule has 4 nitrogen and oxygen atoms in total. The Kier molecular flexibility index (Phi) is 4.45. The third kappa shape index (κ3) is 3.15. The minimum Gasteiger partial charge on any atom is -0.493 e. The third-order valence-corrected chi connectivity index (χ3v) is 2.72. The van der Waals surface area contributed by atoms with Gasteiger partial charge in [0.1, 0.15) is 5.75 Å². The van der Waals surface area contributed by atoms with E-state index in [1.165, 1.54) is 5.39 Å². The minimum atomic E-state index is 0.537. The van der Waals surface area contributed by atoms with E-state index in [-0.39, 0.29) is 0 Å². The summed E-state index contributed by atoms with van der Waals surface area (Å²) in [6, 6.07) is 14.2. The quantitative estimate of drug-likeness (QED) is 0.322. The summed E-state index contributed by atoms with van der Waals surface area (Å²) in [5, 5.41) is 5.81. The molecule has 0 unspecified atom stereocenters. The Labute approximate surface area is 106 Å². The van der Waals surface area contributed by atoms with Crippen LogP contribution >= 0.6 is 0 Å². The van der Waals surface area contributed by atoms with Crippen LogP contribution < -0.4 is 4.74 Å². The van der Waals surface area contributed by atoms with Crippen LogP contribution in [-0.2, 0) is 0 Å². The number of ether oxygens (including phenoxy) is 1. The van der Waals surface area contributed by atoms with Gasteiger partial charge < -0.3 is 4.74 Å². The van der Waals surface area contributed by atoms with Gasteiger partial charge in [-0.2, -0.15) is 0 Å². The molecule has 0 aliphatic carbocycles. The van der Waals surface area contributed by atoms with Crippen LogP contribution in [0.4, 0.5) is 0 Å². The second kappa shape index (κ2) is 6.52. The van der Waals surface area contributed by atoms with Crippen molar-refractivity contribution in [3.05, 3.63) is 52.9 Å². The molecule has 0 aromatic heterocycles. The molecule has 0 spiro atoms. The van der Waals surface area contributed by atoms with Crippen molar-refractivity contribution in [3.63, 3.8) is 0 Å². The van der Waals surface area contributed by atoms with E-state index < -0.39 is 0 Å². The maximum absolute atomic E-state index is 8.15. The number of rotatable bonds is 6. The maximum Gasteiger partial charge on any atom is 0.127 e. The van der Waals surface area contributed by atoms with Gasteiger partial charge in [0.05, 0.1) is 6.61 Å². The van der Waals surface area contributed by atoms with Crippen molar-refractivity contribution in [1.82, 2.24) is 0 Å². The lowest BCUT2D eigenvalue weighted by Crippen LogP contribution is -1.98. The molecule has 4 heteroatoms. The van der Waals surface area contributed by atoms with Gasteiger partial charge in [-0.15, -0.1) is 0 Å². The second-order valence-corrected chi connectivity index (χ2v) is 3.99. The van der Waals surface area contributed by atoms with Crippen molar-refractivity contribution in [2.24, 2.45) is 5.11 Å². The van der Waals surface area contributed by atoms with Crippen LogP contribution in [0, 0.1) is 0 Å².